The fourth-order valence-electron chi connectivity index (χ4n) is 2.10. The lowest BCUT2D eigenvalue weighted by Gasteiger charge is -2.37. The van der Waals surface area contributed by atoms with Gasteiger partial charge >= 0.3 is 0 Å². The maximum absolute atomic E-state index is 5.89. The van der Waals surface area contributed by atoms with Gasteiger partial charge in [-0.15, -0.1) is 0 Å². The summed E-state index contributed by atoms with van der Waals surface area (Å²) in [5.41, 5.74) is 1.28. The molecule has 1 saturated heterocycles. The first-order valence-corrected chi connectivity index (χ1v) is 5.92. The lowest BCUT2D eigenvalue weighted by atomic mass is 10.1. The second kappa shape index (κ2) is 4.86. The molecule has 0 saturated carbocycles. The normalized spacial score (nSPS) is 21.7. The van der Waals surface area contributed by atoms with Gasteiger partial charge in [-0.3, -0.25) is 0 Å². The summed E-state index contributed by atoms with van der Waals surface area (Å²) < 4.78 is 0. The van der Waals surface area contributed by atoms with Gasteiger partial charge in [0.15, 0.2) is 0 Å². The Morgan fingerprint density at radius 3 is 2.80 bits per heavy atom. The quantitative estimate of drug-likeness (QED) is 0.831. The summed E-state index contributed by atoms with van der Waals surface area (Å²) in [7, 11) is 0. The fraction of sp³-hybridized carbons (Fsp3) is 0.500. The minimum absolute atomic E-state index is 0.611. The van der Waals surface area contributed by atoms with Crippen LogP contribution in [0.25, 0.3) is 0 Å². The van der Waals surface area contributed by atoms with Gasteiger partial charge in [-0.05, 0) is 30.7 Å². The van der Waals surface area contributed by atoms with Crippen molar-refractivity contribution < 1.29 is 0 Å². The van der Waals surface area contributed by atoms with Crippen LogP contribution in [0.1, 0.15) is 13.3 Å². The molecule has 0 unspecified atom stereocenters. The Morgan fingerprint density at radius 2 is 2.13 bits per heavy atom. The molecule has 0 spiro atoms. The van der Waals surface area contributed by atoms with Crippen LogP contribution in [-0.4, -0.2) is 25.7 Å². The van der Waals surface area contributed by atoms with Gasteiger partial charge < -0.3 is 10.2 Å². The first-order chi connectivity index (χ1) is 7.31. The standard InChI is InChI=1S/C12H17ClN2/c1-2-11-9-14-7-8-15(11)12-5-3-10(13)4-6-12/h3-6,11,14H,2,7-9H2,1H3/t11-/m1/s1. The van der Waals surface area contributed by atoms with E-state index in [1.807, 2.05) is 12.1 Å². The molecule has 2 rings (SSSR count). The first-order valence-electron chi connectivity index (χ1n) is 5.54. The average molecular weight is 225 g/mol. The molecule has 2 nitrogen and oxygen atoms in total. The molecule has 1 aliphatic heterocycles. The van der Waals surface area contributed by atoms with Gasteiger partial charge in [0.05, 0.1) is 0 Å². The van der Waals surface area contributed by atoms with Gasteiger partial charge in [-0.2, -0.15) is 0 Å². The first kappa shape index (κ1) is 10.8. The van der Waals surface area contributed by atoms with Crippen molar-refractivity contribution in [2.45, 2.75) is 19.4 Å². The number of piperazine rings is 1. The average Bonchev–Trinajstić information content (AvgIpc) is 2.30. The fourth-order valence-corrected chi connectivity index (χ4v) is 2.22. The number of nitrogens with one attached hydrogen (secondary N) is 1. The number of rotatable bonds is 2. The number of hydrogen-bond acceptors (Lipinski definition) is 2. The summed E-state index contributed by atoms with van der Waals surface area (Å²) in [6.07, 6.45) is 1.18. The second-order valence-corrected chi connectivity index (χ2v) is 4.37. The lowest BCUT2D eigenvalue weighted by molar-refractivity contribution is 0.466. The molecule has 0 amide bonds. The predicted molar refractivity (Wildman–Crippen MR) is 65.7 cm³/mol. The number of anilines is 1. The van der Waals surface area contributed by atoms with E-state index in [2.05, 4.69) is 29.3 Å². The number of halogens is 1. The Balaban J connectivity index is 2.16. The lowest BCUT2D eigenvalue weighted by Crippen LogP contribution is -2.51. The molecule has 15 heavy (non-hydrogen) atoms. The van der Waals surface area contributed by atoms with Crippen molar-refractivity contribution in [1.82, 2.24) is 5.32 Å². The number of nitrogens with zero attached hydrogens (tertiary/aromatic N) is 1. The van der Waals surface area contributed by atoms with Crippen molar-refractivity contribution >= 4 is 17.3 Å². The van der Waals surface area contributed by atoms with Crippen LogP contribution < -0.4 is 10.2 Å². The van der Waals surface area contributed by atoms with E-state index in [1.54, 1.807) is 0 Å². The van der Waals surface area contributed by atoms with Gasteiger partial charge in [0.25, 0.3) is 0 Å². The largest absolute Gasteiger partial charge is 0.366 e. The Morgan fingerprint density at radius 1 is 1.40 bits per heavy atom. The highest BCUT2D eigenvalue weighted by Crippen LogP contribution is 2.21. The molecule has 1 aliphatic rings. The SMILES string of the molecule is CC[C@@H]1CNCCN1c1ccc(Cl)cc1. The molecular weight excluding hydrogens is 208 g/mol. The molecule has 1 aromatic rings. The van der Waals surface area contributed by atoms with Gasteiger partial charge in [-0.25, -0.2) is 0 Å². The van der Waals surface area contributed by atoms with E-state index in [0.29, 0.717) is 6.04 Å². The molecule has 82 valence electrons. The number of hydrogen-bond donors (Lipinski definition) is 1. The van der Waals surface area contributed by atoms with Crippen molar-refractivity contribution in [1.29, 1.82) is 0 Å². The third kappa shape index (κ3) is 2.44. The topological polar surface area (TPSA) is 15.3 Å². The van der Waals surface area contributed by atoms with Crippen molar-refractivity contribution in [3.05, 3.63) is 29.3 Å². The highest BCUT2D eigenvalue weighted by atomic mass is 35.5. The summed E-state index contributed by atoms with van der Waals surface area (Å²) in [4.78, 5) is 2.47. The van der Waals surface area contributed by atoms with Crippen LogP contribution in [0.4, 0.5) is 5.69 Å². The second-order valence-electron chi connectivity index (χ2n) is 3.94. The van der Waals surface area contributed by atoms with Crippen LogP contribution in [0, 0.1) is 0 Å². The molecule has 1 N–H and O–H groups in total. The third-order valence-electron chi connectivity index (χ3n) is 2.98. The molecule has 1 heterocycles. The summed E-state index contributed by atoms with van der Waals surface area (Å²) >= 11 is 5.89. The van der Waals surface area contributed by atoms with Crippen LogP contribution >= 0.6 is 11.6 Å². The molecule has 0 aromatic heterocycles. The maximum atomic E-state index is 5.89. The Labute approximate surface area is 96.2 Å². The molecular formula is C12H17ClN2. The highest BCUT2D eigenvalue weighted by molar-refractivity contribution is 6.30. The van der Waals surface area contributed by atoms with E-state index in [9.17, 15) is 0 Å². The third-order valence-corrected chi connectivity index (χ3v) is 3.23. The van der Waals surface area contributed by atoms with Crippen LogP contribution in [0.3, 0.4) is 0 Å². The Kier molecular flexibility index (Phi) is 3.49. The van der Waals surface area contributed by atoms with Crippen molar-refractivity contribution in [3.8, 4) is 0 Å². The molecule has 0 aliphatic carbocycles. The van der Waals surface area contributed by atoms with Crippen LogP contribution in [0.15, 0.2) is 24.3 Å². The zero-order chi connectivity index (χ0) is 10.7. The van der Waals surface area contributed by atoms with E-state index < -0.39 is 0 Å². The smallest absolute Gasteiger partial charge is 0.0412 e. The molecule has 1 atom stereocenters. The van der Waals surface area contributed by atoms with Gasteiger partial charge in [0, 0.05) is 36.4 Å². The minimum Gasteiger partial charge on any atom is -0.366 e. The van der Waals surface area contributed by atoms with Gasteiger partial charge in [-0.1, -0.05) is 18.5 Å². The summed E-state index contributed by atoms with van der Waals surface area (Å²) in [6.45, 7) is 5.47. The predicted octanol–water partition coefficient (Wildman–Crippen LogP) is 2.53. The van der Waals surface area contributed by atoms with Crippen molar-refractivity contribution in [3.63, 3.8) is 0 Å². The monoisotopic (exact) mass is 224 g/mol. The van der Waals surface area contributed by atoms with E-state index >= 15 is 0 Å². The Bertz CT molecular complexity index is 310. The highest BCUT2D eigenvalue weighted by Gasteiger charge is 2.20. The molecule has 3 heteroatoms. The van der Waals surface area contributed by atoms with E-state index in [4.69, 9.17) is 11.6 Å². The zero-order valence-corrected chi connectivity index (χ0v) is 9.80. The van der Waals surface area contributed by atoms with Gasteiger partial charge in [0.1, 0.15) is 0 Å². The summed E-state index contributed by atoms with van der Waals surface area (Å²) in [6, 6.07) is 8.75. The van der Waals surface area contributed by atoms with Crippen LogP contribution in [0.2, 0.25) is 5.02 Å². The summed E-state index contributed by atoms with van der Waals surface area (Å²) in [5, 5.41) is 4.24. The zero-order valence-electron chi connectivity index (χ0n) is 9.04. The molecule has 1 fully saturated rings. The molecule has 0 bridgehead atoms. The molecule has 1 aromatic carbocycles. The minimum atomic E-state index is 0.611. The van der Waals surface area contributed by atoms with E-state index in [0.717, 1.165) is 24.7 Å². The summed E-state index contributed by atoms with van der Waals surface area (Å²) in [5.74, 6) is 0. The van der Waals surface area contributed by atoms with Crippen molar-refractivity contribution in [2.24, 2.45) is 0 Å². The molecule has 0 radical (unpaired) electrons. The Hall–Kier alpha value is -0.730. The van der Waals surface area contributed by atoms with Gasteiger partial charge in [0.2, 0.25) is 0 Å². The van der Waals surface area contributed by atoms with Crippen LogP contribution in [0.5, 0.6) is 0 Å². The van der Waals surface area contributed by atoms with E-state index in [1.165, 1.54) is 12.1 Å². The van der Waals surface area contributed by atoms with Crippen LogP contribution in [-0.2, 0) is 0 Å². The number of benzene rings is 1. The van der Waals surface area contributed by atoms with E-state index in [-0.39, 0.29) is 0 Å². The van der Waals surface area contributed by atoms with Crippen molar-refractivity contribution in [2.75, 3.05) is 24.5 Å². The maximum Gasteiger partial charge on any atom is 0.0412 e.